The summed E-state index contributed by atoms with van der Waals surface area (Å²) in [5, 5.41) is 8.81. The zero-order valence-electron chi connectivity index (χ0n) is 11.6. The Morgan fingerprint density at radius 1 is 1.20 bits per heavy atom. The average Bonchev–Trinajstić information content (AvgIpc) is 2.98. The highest BCUT2D eigenvalue weighted by atomic mass is 16.1. The number of carbonyl (C=O) groups is 1. The summed E-state index contributed by atoms with van der Waals surface area (Å²) in [4.78, 5) is 12.0. The summed E-state index contributed by atoms with van der Waals surface area (Å²) in [5.74, 6) is 0.106. The monoisotopic (exact) mass is 268 g/mol. The van der Waals surface area contributed by atoms with Crippen molar-refractivity contribution in [3.05, 3.63) is 48.0 Å². The molecule has 2 N–H and O–H groups in total. The highest BCUT2D eigenvalue weighted by Crippen LogP contribution is 2.15. The summed E-state index contributed by atoms with van der Waals surface area (Å²) in [6.45, 7) is 1.82. The van der Waals surface area contributed by atoms with Crippen LogP contribution in [-0.4, -0.2) is 25.0 Å². The van der Waals surface area contributed by atoms with Crippen molar-refractivity contribution in [3.63, 3.8) is 0 Å². The van der Waals surface area contributed by atoms with Gasteiger partial charge in [0.1, 0.15) is 0 Å². The number of rotatable bonds is 4. The summed E-state index contributed by atoms with van der Waals surface area (Å²) < 4.78 is 0. The normalized spacial score (nSPS) is 18.3. The Morgan fingerprint density at radius 2 is 2.05 bits per heavy atom. The van der Waals surface area contributed by atoms with E-state index in [0.29, 0.717) is 12.5 Å². The number of benzene rings is 2. The molecular formula is C17H20N2O. The van der Waals surface area contributed by atoms with E-state index in [-0.39, 0.29) is 5.91 Å². The van der Waals surface area contributed by atoms with Crippen LogP contribution in [0.2, 0.25) is 0 Å². The lowest BCUT2D eigenvalue weighted by Gasteiger charge is -2.11. The van der Waals surface area contributed by atoms with E-state index in [9.17, 15) is 4.79 Å². The molecule has 2 aromatic carbocycles. The predicted molar refractivity (Wildman–Crippen MR) is 81.7 cm³/mol. The van der Waals surface area contributed by atoms with Gasteiger partial charge in [0.05, 0.1) is 6.42 Å². The quantitative estimate of drug-likeness (QED) is 0.893. The van der Waals surface area contributed by atoms with E-state index >= 15 is 0 Å². The van der Waals surface area contributed by atoms with Crippen molar-refractivity contribution in [1.29, 1.82) is 0 Å². The minimum atomic E-state index is 0.106. The van der Waals surface area contributed by atoms with Crippen molar-refractivity contribution in [2.45, 2.75) is 25.3 Å². The molecule has 104 valence electrons. The van der Waals surface area contributed by atoms with Crippen molar-refractivity contribution >= 4 is 16.7 Å². The van der Waals surface area contributed by atoms with Crippen LogP contribution < -0.4 is 10.6 Å². The first-order valence-electron chi connectivity index (χ1n) is 7.29. The SMILES string of the molecule is O=C(Cc1ccc2ccccc2c1)NCC1CCCN1. The van der Waals surface area contributed by atoms with Crippen molar-refractivity contribution in [1.82, 2.24) is 10.6 Å². The fourth-order valence-electron chi connectivity index (χ4n) is 2.76. The molecule has 0 bridgehead atoms. The molecule has 1 saturated heterocycles. The summed E-state index contributed by atoms with van der Waals surface area (Å²) in [6.07, 6.45) is 2.83. The standard InChI is InChI=1S/C17H20N2O/c20-17(19-12-16-6-3-9-18-16)11-13-7-8-14-4-1-2-5-15(14)10-13/h1-2,4-5,7-8,10,16,18H,3,6,9,11-12H2,(H,19,20). The molecule has 0 aliphatic carbocycles. The number of carbonyl (C=O) groups excluding carboxylic acids is 1. The zero-order valence-corrected chi connectivity index (χ0v) is 11.6. The highest BCUT2D eigenvalue weighted by molar-refractivity contribution is 5.85. The Morgan fingerprint density at radius 3 is 2.85 bits per heavy atom. The molecule has 20 heavy (non-hydrogen) atoms. The first-order chi connectivity index (χ1) is 9.81. The summed E-state index contributed by atoms with van der Waals surface area (Å²) in [6, 6.07) is 14.9. The Kier molecular flexibility index (Phi) is 3.97. The van der Waals surface area contributed by atoms with E-state index in [1.807, 2.05) is 18.2 Å². The van der Waals surface area contributed by atoms with Gasteiger partial charge in [0, 0.05) is 12.6 Å². The van der Waals surface area contributed by atoms with E-state index in [0.717, 1.165) is 25.1 Å². The second kappa shape index (κ2) is 6.06. The van der Waals surface area contributed by atoms with Gasteiger partial charge in [-0.15, -0.1) is 0 Å². The van der Waals surface area contributed by atoms with E-state index in [2.05, 4.69) is 34.9 Å². The lowest BCUT2D eigenvalue weighted by molar-refractivity contribution is -0.120. The Hall–Kier alpha value is -1.87. The molecule has 0 radical (unpaired) electrons. The van der Waals surface area contributed by atoms with E-state index in [1.165, 1.54) is 17.2 Å². The van der Waals surface area contributed by atoms with Gasteiger partial charge in [-0.25, -0.2) is 0 Å². The molecule has 3 rings (SSSR count). The van der Waals surface area contributed by atoms with Gasteiger partial charge in [0.15, 0.2) is 0 Å². The topological polar surface area (TPSA) is 41.1 Å². The smallest absolute Gasteiger partial charge is 0.224 e. The number of hydrogen-bond donors (Lipinski definition) is 2. The molecule has 1 heterocycles. The molecule has 1 atom stereocenters. The number of amides is 1. The van der Waals surface area contributed by atoms with Crippen LogP contribution in [0, 0.1) is 0 Å². The maximum atomic E-state index is 12.0. The number of nitrogens with one attached hydrogen (secondary N) is 2. The summed E-state index contributed by atoms with van der Waals surface area (Å²) >= 11 is 0. The molecule has 1 aliphatic heterocycles. The molecule has 1 aliphatic rings. The minimum absolute atomic E-state index is 0.106. The van der Waals surface area contributed by atoms with Crippen molar-refractivity contribution < 1.29 is 4.79 Å². The molecule has 0 saturated carbocycles. The first kappa shape index (κ1) is 13.1. The Labute approximate surface area is 119 Å². The fourth-order valence-corrected chi connectivity index (χ4v) is 2.76. The largest absolute Gasteiger partial charge is 0.354 e. The van der Waals surface area contributed by atoms with Crippen molar-refractivity contribution in [2.75, 3.05) is 13.1 Å². The van der Waals surface area contributed by atoms with E-state index in [1.54, 1.807) is 0 Å². The zero-order chi connectivity index (χ0) is 13.8. The van der Waals surface area contributed by atoms with Gasteiger partial charge in [-0.05, 0) is 35.7 Å². The van der Waals surface area contributed by atoms with Crippen LogP contribution in [0.15, 0.2) is 42.5 Å². The predicted octanol–water partition coefficient (Wildman–Crippen LogP) is 2.25. The van der Waals surface area contributed by atoms with Crippen molar-refractivity contribution in [3.8, 4) is 0 Å². The van der Waals surface area contributed by atoms with Gasteiger partial charge >= 0.3 is 0 Å². The Balaban J connectivity index is 1.59. The van der Waals surface area contributed by atoms with Gasteiger partial charge in [0.2, 0.25) is 5.91 Å². The lowest BCUT2D eigenvalue weighted by Crippen LogP contribution is -2.37. The van der Waals surface area contributed by atoms with Crippen LogP contribution in [0.1, 0.15) is 18.4 Å². The highest BCUT2D eigenvalue weighted by Gasteiger charge is 2.14. The van der Waals surface area contributed by atoms with E-state index in [4.69, 9.17) is 0 Å². The maximum absolute atomic E-state index is 12.0. The maximum Gasteiger partial charge on any atom is 0.224 e. The molecule has 1 amide bonds. The third kappa shape index (κ3) is 3.17. The minimum Gasteiger partial charge on any atom is -0.354 e. The number of fused-ring (bicyclic) bond motifs is 1. The Bertz CT molecular complexity index is 603. The van der Waals surface area contributed by atoms with Gasteiger partial charge in [0.25, 0.3) is 0 Å². The van der Waals surface area contributed by atoms with E-state index < -0.39 is 0 Å². The van der Waals surface area contributed by atoms with Gasteiger partial charge in [-0.3, -0.25) is 4.79 Å². The second-order valence-electron chi connectivity index (χ2n) is 5.46. The van der Waals surface area contributed by atoms with Crippen LogP contribution in [-0.2, 0) is 11.2 Å². The summed E-state index contributed by atoms with van der Waals surface area (Å²) in [7, 11) is 0. The van der Waals surface area contributed by atoms with Crippen LogP contribution in [0.3, 0.4) is 0 Å². The average molecular weight is 268 g/mol. The van der Waals surface area contributed by atoms with Gasteiger partial charge < -0.3 is 10.6 Å². The molecule has 1 unspecified atom stereocenters. The second-order valence-corrected chi connectivity index (χ2v) is 5.46. The molecule has 3 nitrogen and oxygen atoms in total. The van der Waals surface area contributed by atoms with Crippen LogP contribution in [0.25, 0.3) is 10.8 Å². The molecule has 2 aromatic rings. The molecule has 3 heteroatoms. The third-order valence-electron chi connectivity index (χ3n) is 3.89. The van der Waals surface area contributed by atoms with Crippen LogP contribution in [0.4, 0.5) is 0 Å². The molecular weight excluding hydrogens is 248 g/mol. The molecule has 1 fully saturated rings. The third-order valence-corrected chi connectivity index (χ3v) is 3.89. The first-order valence-corrected chi connectivity index (χ1v) is 7.29. The number of hydrogen-bond acceptors (Lipinski definition) is 2. The lowest BCUT2D eigenvalue weighted by atomic mass is 10.0. The molecule has 0 aromatic heterocycles. The van der Waals surface area contributed by atoms with Gasteiger partial charge in [-0.2, -0.15) is 0 Å². The van der Waals surface area contributed by atoms with Crippen molar-refractivity contribution in [2.24, 2.45) is 0 Å². The molecule has 0 spiro atoms. The van der Waals surface area contributed by atoms with Crippen LogP contribution >= 0.6 is 0 Å². The van der Waals surface area contributed by atoms with Gasteiger partial charge in [-0.1, -0.05) is 42.5 Å². The summed E-state index contributed by atoms with van der Waals surface area (Å²) in [5.41, 5.74) is 1.07. The fraction of sp³-hybridized carbons (Fsp3) is 0.353. The van der Waals surface area contributed by atoms with Crippen LogP contribution in [0.5, 0.6) is 0 Å².